The van der Waals surface area contributed by atoms with Crippen LogP contribution in [0.25, 0.3) is 0 Å². The predicted molar refractivity (Wildman–Crippen MR) is 105 cm³/mol. The summed E-state index contributed by atoms with van der Waals surface area (Å²) in [6.07, 6.45) is 0.828. The van der Waals surface area contributed by atoms with Crippen LogP contribution < -0.4 is 0 Å². The molecule has 0 amide bonds. The van der Waals surface area contributed by atoms with E-state index in [4.69, 9.17) is 28.4 Å². The summed E-state index contributed by atoms with van der Waals surface area (Å²) >= 11 is 0. The van der Waals surface area contributed by atoms with Gasteiger partial charge in [0.25, 0.3) is 0 Å². The van der Waals surface area contributed by atoms with E-state index in [2.05, 4.69) is 0 Å². The maximum Gasteiger partial charge on any atom is 0.334 e. The first-order valence-electron chi connectivity index (χ1n) is 9.83. The Labute approximate surface area is 171 Å². The van der Waals surface area contributed by atoms with Crippen molar-refractivity contribution in [1.29, 1.82) is 0 Å². The van der Waals surface area contributed by atoms with E-state index in [-0.39, 0.29) is 24.9 Å². The Hall–Kier alpha value is -1.93. The van der Waals surface area contributed by atoms with E-state index in [9.17, 15) is 4.79 Å². The lowest BCUT2D eigenvalue weighted by molar-refractivity contribution is -0.264. The number of carbonyl (C=O) groups is 1. The molecule has 7 heteroatoms. The third kappa shape index (κ3) is 6.27. The third-order valence-corrected chi connectivity index (χ3v) is 4.66. The molecule has 0 unspecified atom stereocenters. The van der Waals surface area contributed by atoms with Crippen LogP contribution in [-0.4, -0.2) is 50.6 Å². The zero-order chi connectivity index (χ0) is 20.9. The Balaban J connectivity index is 1.68. The van der Waals surface area contributed by atoms with Crippen molar-refractivity contribution in [1.82, 2.24) is 0 Å². The van der Waals surface area contributed by atoms with Gasteiger partial charge in [-0.3, -0.25) is 0 Å². The van der Waals surface area contributed by atoms with Crippen molar-refractivity contribution in [2.24, 2.45) is 5.92 Å². The van der Waals surface area contributed by atoms with Crippen molar-refractivity contribution in [3.63, 3.8) is 0 Å². The number of carbonyl (C=O) groups excluding carboxylic acids is 1. The second-order valence-corrected chi connectivity index (χ2v) is 8.20. The zero-order valence-electron chi connectivity index (χ0n) is 17.5. The molecule has 3 rings (SSSR count). The van der Waals surface area contributed by atoms with E-state index in [1.165, 1.54) is 6.08 Å². The average Bonchev–Trinajstić information content (AvgIpc) is 3.08. The van der Waals surface area contributed by atoms with Crippen LogP contribution in [0.4, 0.5) is 0 Å². The van der Waals surface area contributed by atoms with E-state index in [1.807, 2.05) is 51.1 Å². The Bertz CT molecular complexity index is 695. The highest BCUT2D eigenvalue weighted by Gasteiger charge is 2.48. The minimum absolute atomic E-state index is 0.00615. The van der Waals surface area contributed by atoms with Crippen LogP contribution in [0.15, 0.2) is 42.2 Å². The van der Waals surface area contributed by atoms with Crippen LogP contribution in [-0.2, 0) is 39.8 Å². The minimum Gasteiger partial charge on any atom is -0.489 e. The summed E-state index contributed by atoms with van der Waals surface area (Å²) in [6.45, 7) is 6.43. The summed E-state index contributed by atoms with van der Waals surface area (Å²) in [5, 5.41) is 0. The van der Waals surface area contributed by atoms with E-state index in [0.717, 1.165) is 5.56 Å². The van der Waals surface area contributed by atoms with Gasteiger partial charge in [-0.25, -0.2) is 4.79 Å². The first-order chi connectivity index (χ1) is 13.9. The number of esters is 1. The van der Waals surface area contributed by atoms with Crippen LogP contribution in [0.1, 0.15) is 32.8 Å². The SMILES string of the molecule is COCO[C@H]1CO[C@H](OCc2ccccc2)[C@@H]2O/C(=C\C(=O)OC(C)(C)C)C[C@@H]21. The largest absolute Gasteiger partial charge is 0.489 e. The number of hydrogen-bond acceptors (Lipinski definition) is 7. The number of fused-ring (bicyclic) bond motifs is 1. The number of ether oxygens (including phenoxy) is 6. The summed E-state index contributed by atoms with van der Waals surface area (Å²) in [6, 6.07) is 9.88. The second-order valence-electron chi connectivity index (χ2n) is 8.20. The fourth-order valence-corrected chi connectivity index (χ4v) is 3.45. The molecule has 2 fully saturated rings. The lowest BCUT2D eigenvalue weighted by atomic mass is 9.92. The third-order valence-electron chi connectivity index (χ3n) is 4.66. The standard InChI is InChI=1S/C22H30O7/c1-22(2,3)29-19(23)11-16-10-17-18(27-14-24-4)13-26-21(20(17)28-16)25-12-15-8-6-5-7-9-15/h5-9,11,17-18,20-21H,10,12-14H2,1-4H3/b16-11-/t17-,18+,20-,21+/m1/s1. The molecule has 0 N–H and O–H groups in total. The van der Waals surface area contributed by atoms with Gasteiger partial charge in [0, 0.05) is 19.4 Å². The van der Waals surface area contributed by atoms with E-state index < -0.39 is 17.9 Å². The van der Waals surface area contributed by atoms with E-state index >= 15 is 0 Å². The maximum atomic E-state index is 12.2. The lowest BCUT2D eigenvalue weighted by Crippen LogP contribution is -2.49. The quantitative estimate of drug-likeness (QED) is 0.391. The molecule has 1 aromatic carbocycles. The van der Waals surface area contributed by atoms with Gasteiger partial charge in [0.1, 0.15) is 18.2 Å². The molecule has 29 heavy (non-hydrogen) atoms. The summed E-state index contributed by atoms with van der Waals surface area (Å²) < 4.78 is 34.1. The van der Waals surface area contributed by atoms with Crippen LogP contribution in [0.5, 0.6) is 0 Å². The molecule has 7 nitrogen and oxygen atoms in total. The van der Waals surface area contributed by atoms with Crippen molar-refractivity contribution in [3.8, 4) is 0 Å². The fourth-order valence-electron chi connectivity index (χ4n) is 3.45. The van der Waals surface area contributed by atoms with Gasteiger partial charge in [0.05, 0.1) is 25.4 Å². The van der Waals surface area contributed by atoms with Crippen molar-refractivity contribution in [2.45, 2.75) is 57.9 Å². The first kappa shape index (κ1) is 21.8. The molecule has 0 aromatic heterocycles. The second kappa shape index (κ2) is 9.71. The molecule has 2 heterocycles. The Kier molecular flexibility index (Phi) is 7.29. The van der Waals surface area contributed by atoms with Crippen molar-refractivity contribution >= 4 is 5.97 Å². The molecule has 2 aliphatic heterocycles. The van der Waals surface area contributed by atoms with Crippen LogP contribution >= 0.6 is 0 Å². The molecule has 160 valence electrons. The lowest BCUT2D eigenvalue weighted by Gasteiger charge is -2.37. The Morgan fingerprint density at radius 2 is 1.97 bits per heavy atom. The van der Waals surface area contributed by atoms with Crippen LogP contribution in [0.2, 0.25) is 0 Å². The Morgan fingerprint density at radius 1 is 1.21 bits per heavy atom. The number of hydrogen-bond donors (Lipinski definition) is 0. The molecular weight excluding hydrogens is 376 g/mol. The van der Waals surface area contributed by atoms with Crippen LogP contribution in [0.3, 0.4) is 0 Å². The number of methoxy groups -OCH3 is 1. The molecule has 0 bridgehead atoms. The fraction of sp³-hybridized carbons (Fsp3) is 0.591. The van der Waals surface area contributed by atoms with Gasteiger partial charge in [-0.2, -0.15) is 0 Å². The van der Waals surface area contributed by atoms with Gasteiger partial charge in [-0.15, -0.1) is 0 Å². The number of rotatable bonds is 7. The molecule has 0 saturated carbocycles. The number of allylic oxidation sites excluding steroid dienone is 1. The highest BCUT2D eigenvalue weighted by molar-refractivity contribution is 5.82. The number of benzene rings is 1. The summed E-state index contributed by atoms with van der Waals surface area (Å²) in [7, 11) is 1.58. The normalized spacial score (nSPS) is 28.1. The molecule has 0 aliphatic carbocycles. The monoisotopic (exact) mass is 406 g/mol. The van der Waals surface area contributed by atoms with Gasteiger partial charge in [-0.05, 0) is 26.3 Å². The molecule has 2 saturated heterocycles. The topological polar surface area (TPSA) is 72.5 Å². The summed E-state index contributed by atoms with van der Waals surface area (Å²) in [5.74, 6) is 0.121. The smallest absolute Gasteiger partial charge is 0.334 e. The minimum atomic E-state index is -0.561. The maximum absolute atomic E-state index is 12.2. The van der Waals surface area contributed by atoms with Gasteiger partial charge in [0.15, 0.2) is 12.4 Å². The molecule has 0 radical (unpaired) electrons. The van der Waals surface area contributed by atoms with Gasteiger partial charge >= 0.3 is 5.97 Å². The highest BCUT2D eigenvalue weighted by atomic mass is 16.7. The van der Waals surface area contributed by atoms with Gasteiger partial charge < -0.3 is 28.4 Å². The van der Waals surface area contributed by atoms with Crippen LogP contribution in [0, 0.1) is 5.92 Å². The molecular formula is C22H30O7. The molecule has 2 aliphatic rings. The van der Waals surface area contributed by atoms with Crippen molar-refractivity contribution < 1.29 is 33.2 Å². The van der Waals surface area contributed by atoms with Crippen molar-refractivity contribution in [3.05, 3.63) is 47.7 Å². The molecule has 1 aromatic rings. The predicted octanol–water partition coefficient (Wildman–Crippen LogP) is 3.18. The van der Waals surface area contributed by atoms with Crippen molar-refractivity contribution in [2.75, 3.05) is 20.5 Å². The van der Waals surface area contributed by atoms with Gasteiger partial charge in [-0.1, -0.05) is 30.3 Å². The molecule has 0 spiro atoms. The zero-order valence-corrected chi connectivity index (χ0v) is 17.5. The first-order valence-corrected chi connectivity index (χ1v) is 9.83. The summed E-state index contributed by atoms with van der Waals surface area (Å²) in [4.78, 5) is 12.2. The summed E-state index contributed by atoms with van der Waals surface area (Å²) in [5.41, 5.74) is 0.488. The van der Waals surface area contributed by atoms with E-state index in [0.29, 0.717) is 25.4 Å². The van der Waals surface area contributed by atoms with E-state index in [1.54, 1.807) is 7.11 Å². The average molecular weight is 406 g/mol. The highest BCUT2D eigenvalue weighted by Crippen LogP contribution is 2.39. The molecule has 4 atom stereocenters. The Morgan fingerprint density at radius 3 is 2.66 bits per heavy atom. The van der Waals surface area contributed by atoms with Gasteiger partial charge in [0.2, 0.25) is 0 Å².